The first-order valence-electron chi connectivity index (χ1n) is 12.2. The maximum Gasteiger partial charge on any atom is 0.251 e. The van der Waals surface area contributed by atoms with E-state index in [2.05, 4.69) is 10.6 Å². The molecular weight excluding hydrogens is 502 g/mol. The number of nitrogens with zero attached hydrogens (tertiary/aromatic N) is 1. The maximum absolute atomic E-state index is 13.4. The van der Waals surface area contributed by atoms with Crippen molar-refractivity contribution in [3.05, 3.63) is 87.1 Å². The Hall–Kier alpha value is -3.62. The number of carbonyl (C=O) groups excluding carboxylic acids is 3. The zero-order valence-corrected chi connectivity index (χ0v) is 22.3. The molecule has 4 aromatic rings. The highest BCUT2D eigenvalue weighted by atomic mass is 32.1. The van der Waals surface area contributed by atoms with Crippen LogP contribution in [0.3, 0.4) is 0 Å². The minimum atomic E-state index is -0.0856. The minimum absolute atomic E-state index is 0.0106. The van der Waals surface area contributed by atoms with Crippen molar-refractivity contribution < 1.29 is 14.4 Å². The van der Waals surface area contributed by atoms with Gasteiger partial charge < -0.3 is 10.6 Å². The van der Waals surface area contributed by atoms with Crippen molar-refractivity contribution in [3.63, 3.8) is 0 Å². The fourth-order valence-electron chi connectivity index (χ4n) is 3.91. The van der Waals surface area contributed by atoms with Crippen molar-refractivity contribution >= 4 is 51.0 Å². The molecule has 0 aliphatic heterocycles. The van der Waals surface area contributed by atoms with Crippen molar-refractivity contribution in [2.24, 2.45) is 0 Å². The summed E-state index contributed by atoms with van der Waals surface area (Å²) >= 11 is 2.65. The van der Waals surface area contributed by atoms with Gasteiger partial charge in [-0.1, -0.05) is 47.7 Å². The number of benzene rings is 2. The second-order valence-corrected chi connectivity index (χ2v) is 11.3. The van der Waals surface area contributed by atoms with Crippen LogP contribution in [0, 0.1) is 6.92 Å². The summed E-state index contributed by atoms with van der Waals surface area (Å²) in [7, 11) is 0. The normalized spacial score (nSPS) is 12.8. The third-order valence-corrected chi connectivity index (χ3v) is 8.41. The van der Waals surface area contributed by atoms with Crippen molar-refractivity contribution in [3.8, 4) is 10.6 Å². The number of ketones is 2. The molecule has 5 rings (SSSR count). The molecule has 6 nitrogen and oxygen atoms in total. The highest BCUT2D eigenvalue weighted by molar-refractivity contribution is 7.20. The number of rotatable bonds is 10. The third kappa shape index (κ3) is 6.03. The van der Waals surface area contributed by atoms with Crippen LogP contribution in [0.4, 0.5) is 10.8 Å². The van der Waals surface area contributed by atoms with E-state index >= 15 is 0 Å². The summed E-state index contributed by atoms with van der Waals surface area (Å²) in [5.41, 5.74) is 4.00. The molecule has 2 aromatic carbocycles. The molecule has 2 N–H and O–H groups in total. The molecule has 2 heterocycles. The summed E-state index contributed by atoms with van der Waals surface area (Å²) < 4.78 is 0. The van der Waals surface area contributed by atoms with E-state index in [1.165, 1.54) is 29.6 Å². The van der Waals surface area contributed by atoms with Gasteiger partial charge in [0.05, 0.1) is 9.75 Å². The van der Waals surface area contributed by atoms with Gasteiger partial charge in [-0.3, -0.25) is 14.4 Å². The van der Waals surface area contributed by atoms with Crippen LogP contribution in [0.15, 0.2) is 60.7 Å². The maximum atomic E-state index is 13.4. The van der Waals surface area contributed by atoms with Gasteiger partial charge in [0.2, 0.25) is 0 Å². The summed E-state index contributed by atoms with van der Waals surface area (Å²) in [6.07, 6.45) is 3.05. The lowest BCUT2D eigenvalue weighted by Gasteiger charge is -2.10. The highest BCUT2D eigenvalue weighted by Gasteiger charge is 2.25. The van der Waals surface area contributed by atoms with Crippen LogP contribution < -0.4 is 10.6 Å². The van der Waals surface area contributed by atoms with Gasteiger partial charge >= 0.3 is 0 Å². The van der Waals surface area contributed by atoms with Gasteiger partial charge in [0.25, 0.3) is 5.91 Å². The number of nitrogens with one attached hydrogen (secondary N) is 2. The van der Waals surface area contributed by atoms with Gasteiger partial charge in [0.15, 0.2) is 16.7 Å². The fraction of sp³-hybridized carbons (Fsp3) is 0.241. The Morgan fingerprint density at radius 2 is 1.78 bits per heavy atom. The van der Waals surface area contributed by atoms with Gasteiger partial charge in [-0.05, 0) is 68.5 Å². The minimum Gasteiger partial charge on any atom is -0.349 e. The van der Waals surface area contributed by atoms with Gasteiger partial charge in [0, 0.05) is 23.7 Å². The van der Waals surface area contributed by atoms with E-state index < -0.39 is 0 Å². The SMILES string of the molecule is CC(=O)c1ccc(-c2nc(Nc3cc(C(=O)NC4CC4)ccc3C)sc2C(=O)CCc2ccccc2)s1. The molecule has 0 bridgehead atoms. The first kappa shape index (κ1) is 25.0. The quantitative estimate of drug-likeness (QED) is 0.220. The molecule has 8 heteroatoms. The predicted octanol–water partition coefficient (Wildman–Crippen LogP) is 6.83. The molecule has 0 spiro atoms. The summed E-state index contributed by atoms with van der Waals surface area (Å²) in [5.74, 6) is -0.0901. The number of hydrogen-bond acceptors (Lipinski definition) is 7. The largest absolute Gasteiger partial charge is 0.349 e. The molecular formula is C29H27N3O3S2. The number of thiophene rings is 1. The third-order valence-electron chi connectivity index (χ3n) is 6.20. The van der Waals surface area contributed by atoms with Crippen molar-refractivity contribution in [1.82, 2.24) is 10.3 Å². The van der Waals surface area contributed by atoms with Crippen molar-refractivity contribution in [2.75, 3.05) is 5.32 Å². The Kier molecular flexibility index (Phi) is 7.30. The lowest BCUT2D eigenvalue weighted by Crippen LogP contribution is -2.25. The Bertz CT molecular complexity index is 1470. The van der Waals surface area contributed by atoms with Crippen LogP contribution in [0.1, 0.15) is 67.0 Å². The molecule has 0 atom stereocenters. The Balaban J connectivity index is 1.43. The van der Waals surface area contributed by atoms with E-state index in [9.17, 15) is 14.4 Å². The Labute approximate surface area is 223 Å². The predicted molar refractivity (Wildman–Crippen MR) is 149 cm³/mol. The smallest absolute Gasteiger partial charge is 0.251 e. The summed E-state index contributed by atoms with van der Waals surface area (Å²) in [5, 5.41) is 6.93. The van der Waals surface area contributed by atoms with Gasteiger partial charge in [-0.15, -0.1) is 11.3 Å². The van der Waals surface area contributed by atoms with Crippen molar-refractivity contribution in [2.45, 2.75) is 45.6 Å². The number of aromatic nitrogens is 1. The zero-order valence-electron chi connectivity index (χ0n) is 20.7. The van der Waals surface area contributed by atoms with E-state index in [0.717, 1.165) is 34.5 Å². The molecule has 2 aromatic heterocycles. The zero-order chi connectivity index (χ0) is 25.9. The highest BCUT2D eigenvalue weighted by Crippen LogP contribution is 2.38. The molecule has 37 heavy (non-hydrogen) atoms. The van der Waals surface area contributed by atoms with Crippen molar-refractivity contribution in [1.29, 1.82) is 0 Å². The summed E-state index contributed by atoms with van der Waals surface area (Å²) in [4.78, 5) is 44.6. The lowest BCUT2D eigenvalue weighted by atomic mass is 10.1. The number of amides is 1. The molecule has 0 radical (unpaired) electrons. The van der Waals surface area contributed by atoms with Crippen LogP contribution in [0.2, 0.25) is 0 Å². The summed E-state index contributed by atoms with van der Waals surface area (Å²) in [6.45, 7) is 3.49. The monoisotopic (exact) mass is 529 g/mol. The first-order valence-corrected chi connectivity index (χ1v) is 13.9. The van der Waals surface area contributed by atoms with Gasteiger partial charge in [-0.2, -0.15) is 0 Å². The number of carbonyl (C=O) groups is 3. The molecule has 1 amide bonds. The Morgan fingerprint density at radius 1 is 1.00 bits per heavy atom. The molecule has 1 aliphatic carbocycles. The molecule has 0 saturated heterocycles. The number of aryl methyl sites for hydroxylation is 2. The average molecular weight is 530 g/mol. The van der Waals surface area contributed by atoms with E-state index in [4.69, 9.17) is 4.98 Å². The second kappa shape index (κ2) is 10.8. The number of Topliss-reactive ketones (excluding diaryl/α,β-unsaturated/α-hetero) is 2. The second-order valence-electron chi connectivity index (χ2n) is 9.23. The van der Waals surface area contributed by atoms with E-state index in [1.54, 1.807) is 6.07 Å². The summed E-state index contributed by atoms with van der Waals surface area (Å²) in [6, 6.07) is 19.4. The van der Waals surface area contributed by atoms with Crippen LogP contribution in [-0.2, 0) is 6.42 Å². The topological polar surface area (TPSA) is 88.2 Å². The average Bonchev–Trinajstić information content (AvgIpc) is 3.39. The number of thiazole rings is 1. The molecule has 1 aliphatic rings. The van der Waals surface area contributed by atoms with E-state index in [1.807, 2.05) is 61.5 Å². The molecule has 1 saturated carbocycles. The Morgan fingerprint density at radius 3 is 2.49 bits per heavy atom. The fourth-order valence-corrected chi connectivity index (χ4v) is 5.83. The molecule has 1 fully saturated rings. The molecule has 188 valence electrons. The van der Waals surface area contributed by atoms with E-state index in [-0.39, 0.29) is 23.5 Å². The first-order chi connectivity index (χ1) is 17.9. The van der Waals surface area contributed by atoms with Crippen LogP contribution in [-0.4, -0.2) is 28.5 Å². The van der Waals surface area contributed by atoms with E-state index in [0.29, 0.717) is 39.0 Å². The van der Waals surface area contributed by atoms with Gasteiger partial charge in [-0.25, -0.2) is 4.98 Å². The standard InChI is InChI=1S/C29H27N3O3S2/c1-17-8-10-20(28(35)30-21-11-12-21)16-22(17)31-29-32-26(25-15-14-24(36-25)18(2)33)27(37-29)23(34)13-9-19-6-4-3-5-7-19/h3-8,10,14-16,21H,9,11-13H2,1-2H3,(H,30,35)(H,31,32). The molecule has 0 unspecified atom stereocenters. The van der Waals surface area contributed by atoms with Gasteiger partial charge in [0.1, 0.15) is 10.6 Å². The number of hydrogen-bond donors (Lipinski definition) is 2. The van der Waals surface area contributed by atoms with Crippen LogP contribution in [0.5, 0.6) is 0 Å². The lowest BCUT2D eigenvalue weighted by molar-refractivity contribution is 0.0948. The van der Waals surface area contributed by atoms with Crippen LogP contribution >= 0.6 is 22.7 Å². The number of anilines is 2. The van der Waals surface area contributed by atoms with Crippen LogP contribution in [0.25, 0.3) is 10.6 Å².